The maximum Gasteiger partial charge on any atom is 0.264 e. The van der Waals surface area contributed by atoms with Crippen LogP contribution in [0.5, 0.6) is 5.75 Å². The van der Waals surface area contributed by atoms with Gasteiger partial charge in [-0.3, -0.25) is 9.59 Å². The molecule has 1 atom stereocenters. The van der Waals surface area contributed by atoms with Gasteiger partial charge in [-0.25, -0.2) is 17.2 Å². The molecular formula is C23H19ClF2N2O5S. The fourth-order valence-corrected chi connectivity index (χ4v) is 3.88. The zero-order valence-corrected chi connectivity index (χ0v) is 19.1. The van der Waals surface area contributed by atoms with Crippen molar-refractivity contribution in [2.45, 2.75) is 17.4 Å². The summed E-state index contributed by atoms with van der Waals surface area (Å²) in [5.74, 6) is -2.80. The predicted molar refractivity (Wildman–Crippen MR) is 121 cm³/mol. The van der Waals surface area contributed by atoms with Gasteiger partial charge in [0.15, 0.2) is 6.73 Å². The van der Waals surface area contributed by atoms with E-state index < -0.39 is 43.4 Å². The SMILES string of the molecule is O=C(N[C@@H](Cc1ccccc1)C(=O)NCOc1ccc(S(=O)(=O)Cl)c(F)c1)c1ccc(F)cc1. The maximum atomic E-state index is 13.9. The van der Waals surface area contributed by atoms with Gasteiger partial charge >= 0.3 is 0 Å². The molecule has 34 heavy (non-hydrogen) atoms. The summed E-state index contributed by atoms with van der Waals surface area (Å²) in [5.41, 5.74) is 0.955. The Morgan fingerprint density at radius 3 is 2.26 bits per heavy atom. The monoisotopic (exact) mass is 508 g/mol. The van der Waals surface area contributed by atoms with Gasteiger partial charge in [-0.1, -0.05) is 30.3 Å². The van der Waals surface area contributed by atoms with E-state index in [0.717, 1.165) is 29.8 Å². The van der Waals surface area contributed by atoms with E-state index >= 15 is 0 Å². The summed E-state index contributed by atoms with van der Waals surface area (Å²) >= 11 is 0. The lowest BCUT2D eigenvalue weighted by Crippen LogP contribution is -2.48. The molecule has 0 aliphatic rings. The smallest absolute Gasteiger partial charge is 0.264 e. The molecule has 0 aromatic heterocycles. The van der Waals surface area contributed by atoms with Crippen LogP contribution in [-0.2, 0) is 20.3 Å². The van der Waals surface area contributed by atoms with Gasteiger partial charge < -0.3 is 15.4 Å². The van der Waals surface area contributed by atoms with E-state index in [0.29, 0.717) is 0 Å². The molecule has 7 nitrogen and oxygen atoms in total. The Morgan fingerprint density at radius 2 is 1.65 bits per heavy atom. The summed E-state index contributed by atoms with van der Waals surface area (Å²) in [7, 11) is 0.887. The van der Waals surface area contributed by atoms with Gasteiger partial charge in [0.2, 0.25) is 5.91 Å². The van der Waals surface area contributed by atoms with Crippen LogP contribution in [0.4, 0.5) is 8.78 Å². The van der Waals surface area contributed by atoms with Crippen LogP contribution < -0.4 is 15.4 Å². The molecule has 0 heterocycles. The van der Waals surface area contributed by atoms with E-state index in [2.05, 4.69) is 10.6 Å². The average molecular weight is 509 g/mol. The van der Waals surface area contributed by atoms with Crippen LogP contribution in [0.3, 0.4) is 0 Å². The molecule has 0 spiro atoms. The Balaban J connectivity index is 1.66. The summed E-state index contributed by atoms with van der Waals surface area (Å²) in [6, 6.07) is 15.8. The summed E-state index contributed by atoms with van der Waals surface area (Å²) in [4.78, 5) is 24.6. The van der Waals surface area contributed by atoms with E-state index in [1.165, 1.54) is 18.2 Å². The highest BCUT2D eigenvalue weighted by atomic mass is 35.7. The average Bonchev–Trinajstić information content (AvgIpc) is 2.79. The van der Waals surface area contributed by atoms with Gasteiger partial charge in [-0.15, -0.1) is 0 Å². The van der Waals surface area contributed by atoms with Crippen molar-refractivity contribution in [3.63, 3.8) is 0 Å². The summed E-state index contributed by atoms with van der Waals surface area (Å²) < 4.78 is 54.9. The molecule has 178 valence electrons. The fourth-order valence-electron chi connectivity index (χ4n) is 2.98. The second-order valence-electron chi connectivity index (χ2n) is 7.08. The first-order valence-electron chi connectivity index (χ1n) is 9.88. The second-order valence-corrected chi connectivity index (χ2v) is 9.62. The number of carbonyl (C=O) groups is 2. The maximum absolute atomic E-state index is 13.9. The molecule has 0 bridgehead atoms. The molecular weight excluding hydrogens is 490 g/mol. The molecule has 3 aromatic rings. The fraction of sp³-hybridized carbons (Fsp3) is 0.130. The van der Waals surface area contributed by atoms with E-state index in [-0.39, 0.29) is 24.5 Å². The molecule has 0 unspecified atom stereocenters. The van der Waals surface area contributed by atoms with Gasteiger partial charge in [-0.2, -0.15) is 0 Å². The predicted octanol–water partition coefficient (Wildman–Crippen LogP) is 3.39. The van der Waals surface area contributed by atoms with Crippen molar-refractivity contribution < 1.29 is 31.5 Å². The van der Waals surface area contributed by atoms with Crippen molar-refractivity contribution in [1.29, 1.82) is 0 Å². The third-order valence-corrected chi connectivity index (χ3v) is 6.02. The quantitative estimate of drug-likeness (QED) is 0.341. The van der Waals surface area contributed by atoms with Gasteiger partial charge in [0.05, 0.1) is 0 Å². The third-order valence-electron chi connectivity index (χ3n) is 4.66. The number of halogens is 3. The lowest BCUT2D eigenvalue weighted by Gasteiger charge is -2.19. The highest BCUT2D eigenvalue weighted by Crippen LogP contribution is 2.23. The highest BCUT2D eigenvalue weighted by Gasteiger charge is 2.22. The normalized spacial score (nSPS) is 12.0. The number of ether oxygens (including phenoxy) is 1. The molecule has 3 rings (SSSR count). The van der Waals surface area contributed by atoms with Crippen molar-refractivity contribution in [3.8, 4) is 5.75 Å². The number of benzene rings is 3. The Kier molecular flexibility index (Phi) is 8.19. The van der Waals surface area contributed by atoms with Crippen LogP contribution in [0.15, 0.2) is 77.7 Å². The number of hydrogen-bond donors (Lipinski definition) is 2. The van der Waals surface area contributed by atoms with E-state index in [4.69, 9.17) is 15.4 Å². The lowest BCUT2D eigenvalue weighted by molar-refractivity contribution is -0.123. The van der Waals surface area contributed by atoms with E-state index in [9.17, 15) is 26.8 Å². The molecule has 2 amide bonds. The zero-order chi connectivity index (χ0) is 24.7. The molecule has 0 aliphatic heterocycles. The van der Waals surface area contributed by atoms with E-state index in [1.807, 2.05) is 6.07 Å². The Morgan fingerprint density at radius 1 is 0.971 bits per heavy atom. The highest BCUT2D eigenvalue weighted by molar-refractivity contribution is 8.13. The van der Waals surface area contributed by atoms with Crippen LogP contribution in [0.1, 0.15) is 15.9 Å². The standard InChI is InChI=1S/C23H19ClF2N2O5S/c24-34(31,32)21-11-10-18(13-19(21)26)33-14-27-23(30)20(12-15-4-2-1-3-5-15)28-22(29)16-6-8-17(25)9-7-16/h1-11,13,20H,12,14H2,(H,27,30)(H,28,29)/t20-/m0/s1. The number of hydrogen-bond acceptors (Lipinski definition) is 5. The first kappa shape index (κ1) is 25.1. The van der Waals surface area contributed by atoms with Gasteiger partial charge in [0.1, 0.15) is 28.3 Å². The molecule has 3 aromatic carbocycles. The van der Waals surface area contributed by atoms with Gasteiger partial charge in [-0.05, 0) is 42.0 Å². The van der Waals surface area contributed by atoms with Crippen LogP contribution in [0.25, 0.3) is 0 Å². The van der Waals surface area contributed by atoms with Gasteiger partial charge in [0, 0.05) is 28.7 Å². The van der Waals surface area contributed by atoms with Gasteiger partial charge in [0.25, 0.3) is 15.0 Å². The number of rotatable bonds is 9. The van der Waals surface area contributed by atoms with Crippen LogP contribution in [0.2, 0.25) is 0 Å². The third kappa shape index (κ3) is 7.00. The lowest BCUT2D eigenvalue weighted by atomic mass is 10.0. The molecule has 0 fully saturated rings. The van der Waals surface area contributed by atoms with E-state index in [1.54, 1.807) is 24.3 Å². The van der Waals surface area contributed by atoms with Crippen molar-refractivity contribution in [2.24, 2.45) is 0 Å². The first-order valence-corrected chi connectivity index (χ1v) is 12.2. The first-order chi connectivity index (χ1) is 16.1. The van der Waals surface area contributed by atoms with Crippen molar-refractivity contribution in [1.82, 2.24) is 10.6 Å². The topological polar surface area (TPSA) is 102 Å². The molecule has 0 saturated carbocycles. The van der Waals surface area contributed by atoms with Crippen molar-refractivity contribution in [3.05, 3.63) is 95.6 Å². The zero-order valence-electron chi connectivity index (χ0n) is 17.5. The summed E-state index contributed by atoms with van der Waals surface area (Å²) in [5, 5.41) is 5.09. The Labute approximate surface area is 199 Å². The minimum Gasteiger partial charge on any atom is -0.473 e. The second kappa shape index (κ2) is 11.1. The molecule has 0 aliphatic carbocycles. The Hall–Kier alpha value is -3.50. The largest absolute Gasteiger partial charge is 0.473 e. The molecule has 0 saturated heterocycles. The van der Waals surface area contributed by atoms with Crippen LogP contribution in [-0.4, -0.2) is 33.0 Å². The number of carbonyl (C=O) groups excluding carboxylic acids is 2. The van der Waals surface area contributed by atoms with Crippen molar-refractivity contribution >= 4 is 31.5 Å². The molecule has 11 heteroatoms. The summed E-state index contributed by atoms with van der Waals surface area (Å²) in [6.07, 6.45) is 0.163. The van der Waals surface area contributed by atoms with Crippen LogP contribution in [0, 0.1) is 11.6 Å². The van der Waals surface area contributed by atoms with Crippen LogP contribution >= 0.6 is 10.7 Å². The molecule has 0 radical (unpaired) electrons. The minimum atomic E-state index is -4.25. The minimum absolute atomic E-state index is 0.0446. The number of amides is 2. The molecule has 2 N–H and O–H groups in total. The number of nitrogens with one attached hydrogen (secondary N) is 2. The van der Waals surface area contributed by atoms with Crippen molar-refractivity contribution in [2.75, 3.05) is 6.73 Å². The summed E-state index contributed by atoms with van der Waals surface area (Å²) in [6.45, 7) is -0.386. The Bertz CT molecular complexity index is 1270.